The molecule has 1 N–H and O–H groups in total. The van der Waals surface area contributed by atoms with E-state index in [0.717, 1.165) is 33.4 Å². The maximum absolute atomic E-state index is 9.07. The number of hydrogen-bond donors (Lipinski definition) is 1. The molecule has 0 atom stereocenters. The van der Waals surface area contributed by atoms with Gasteiger partial charge in [0, 0.05) is 22.8 Å². The zero-order valence-corrected chi connectivity index (χ0v) is 14.1. The lowest BCUT2D eigenvalue weighted by Crippen LogP contribution is -1.97. The highest BCUT2D eigenvalue weighted by Gasteiger charge is 2.22. The molecule has 0 radical (unpaired) electrons. The number of ether oxygens (including phenoxy) is 1. The standard InChI is InChI=1S/C17H15N5OS/c1-9(2)15-20-16(22-21-15)17-19-14-11-4-3-10(8-18)7-12(11)23-6-5-13(14)24-17/h3-4,7,9H,5-6H2,1-2H3,(H,20,21,22). The highest BCUT2D eigenvalue weighted by atomic mass is 32.1. The fraction of sp³-hybridized carbons (Fsp3) is 0.294. The second-order valence-electron chi connectivity index (χ2n) is 5.91. The summed E-state index contributed by atoms with van der Waals surface area (Å²) in [5, 5.41) is 17.1. The zero-order chi connectivity index (χ0) is 16.7. The second-order valence-corrected chi connectivity index (χ2v) is 6.99. The summed E-state index contributed by atoms with van der Waals surface area (Å²) in [6, 6.07) is 7.61. The molecule has 0 saturated heterocycles. The lowest BCUT2D eigenvalue weighted by Gasteiger charge is -2.06. The van der Waals surface area contributed by atoms with Gasteiger partial charge >= 0.3 is 0 Å². The first-order chi connectivity index (χ1) is 11.7. The average molecular weight is 337 g/mol. The van der Waals surface area contributed by atoms with Gasteiger partial charge in [-0.25, -0.2) is 9.97 Å². The van der Waals surface area contributed by atoms with E-state index in [2.05, 4.69) is 35.1 Å². The maximum atomic E-state index is 9.07. The van der Waals surface area contributed by atoms with Crippen LogP contribution in [0.2, 0.25) is 0 Å². The van der Waals surface area contributed by atoms with Crippen molar-refractivity contribution in [3.05, 3.63) is 34.5 Å². The summed E-state index contributed by atoms with van der Waals surface area (Å²) in [7, 11) is 0. The van der Waals surface area contributed by atoms with Crippen molar-refractivity contribution < 1.29 is 4.74 Å². The van der Waals surface area contributed by atoms with Crippen molar-refractivity contribution in [2.45, 2.75) is 26.2 Å². The van der Waals surface area contributed by atoms with Gasteiger partial charge in [-0.15, -0.1) is 11.3 Å². The number of rotatable bonds is 2. The van der Waals surface area contributed by atoms with Crippen LogP contribution in [0.5, 0.6) is 5.75 Å². The van der Waals surface area contributed by atoms with Crippen LogP contribution in [0.25, 0.3) is 22.1 Å². The number of aromatic amines is 1. The largest absolute Gasteiger partial charge is 0.492 e. The van der Waals surface area contributed by atoms with E-state index in [9.17, 15) is 0 Å². The molecule has 2 aromatic heterocycles. The minimum atomic E-state index is 0.270. The minimum absolute atomic E-state index is 0.270. The van der Waals surface area contributed by atoms with Crippen molar-refractivity contribution in [3.63, 3.8) is 0 Å². The highest BCUT2D eigenvalue weighted by molar-refractivity contribution is 7.15. The van der Waals surface area contributed by atoms with Crippen LogP contribution in [0.1, 0.15) is 36.0 Å². The van der Waals surface area contributed by atoms with E-state index in [1.54, 1.807) is 23.5 Å². The molecule has 120 valence electrons. The predicted molar refractivity (Wildman–Crippen MR) is 90.9 cm³/mol. The Kier molecular flexibility index (Phi) is 3.54. The van der Waals surface area contributed by atoms with Gasteiger partial charge in [0.15, 0.2) is 16.7 Å². The molecule has 0 aliphatic carbocycles. The van der Waals surface area contributed by atoms with Crippen LogP contribution >= 0.6 is 11.3 Å². The first-order valence-corrected chi connectivity index (χ1v) is 8.57. The molecule has 0 amide bonds. The molecule has 4 rings (SSSR count). The third-order valence-corrected chi connectivity index (χ3v) is 4.99. The molecule has 0 bridgehead atoms. The van der Waals surface area contributed by atoms with Gasteiger partial charge in [-0.05, 0) is 18.2 Å². The molecular formula is C17H15N5OS. The molecule has 3 aromatic rings. The van der Waals surface area contributed by atoms with Crippen molar-refractivity contribution in [1.82, 2.24) is 20.2 Å². The van der Waals surface area contributed by atoms with Gasteiger partial charge in [-0.1, -0.05) is 13.8 Å². The molecule has 0 fully saturated rings. The first-order valence-electron chi connectivity index (χ1n) is 7.75. The van der Waals surface area contributed by atoms with Crippen LogP contribution in [0.15, 0.2) is 18.2 Å². The van der Waals surface area contributed by atoms with Gasteiger partial charge in [-0.3, -0.25) is 5.10 Å². The van der Waals surface area contributed by atoms with E-state index in [1.807, 2.05) is 6.07 Å². The lowest BCUT2D eigenvalue weighted by molar-refractivity contribution is 0.327. The molecule has 1 aromatic carbocycles. The SMILES string of the molecule is CC(C)c1n[nH]c(-c2nc3c(s2)CCOc2cc(C#N)ccc2-3)n1. The normalized spacial score (nSPS) is 12.9. The Bertz CT molecular complexity index is 950. The highest BCUT2D eigenvalue weighted by Crippen LogP contribution is 2.40. The third kappa shape index (κ3) is 2.45. The second kappa shape index (κ2) is 5.73. The molecule has 0 unspecified atom stereocenters. The Morgan fingerprint density at radius 2 is 2.21 bits per heavy atom. The van der Waals surface area contributed by atoms with E-state index < -0.39 is 0 Å². The van der Waals surface area contributed by atoms with Gasteiger partial charge in [0.05, 0.1) is 23.9 Å². The molecule has 0 spiro atoms. The molecule has 1 aliphatic heterocycles. The fourth-order valence-electron chi connectivity index (χ4n) is 2.62. The molecule has 1 aliphatic rings. The number of aromatic nitrogens is 4. The summed E-state index contributed by atoms with van der Waals surface area (Å²) >= 11 is 1.61. The topological polar surface area (TPSA) is 87.5 Å². The summed E-state index contributed by atoms with van der Waals surface area (Å²) in [5.41, 5.74) is 2.42. The van der Waals surface area contributed by atoms with Crippen LogP contribution in [-0.2, 0) is 6.42 Å². The van der Waals surface area contributed by atoms with Gasteiger partial charge in [0.2, 0.25) is 0 Å². The summed E-state index contributed by atoms with van der Waals surface area (Å²) in [6.07, 6.45) is 0.786. The van der Waals surface area contributed by atoms with Crippen molar-refractivity contribution in [2.75, 3.05) is 6.61 Å². The summed E-state index contributed by atoms with van der Waals surface area (Å²) < 4.78 is 5.79. The van der Waals surface area contributed by atoms with Gasteiger partial charge in [-0.2, -0.15) is 10.4 Å². The number of H-pyrrole nitrogens is 1. The number of nitrogens with one attached hydrogen (secondary N) is 1. The number of nitrogens with zero attached hydrogens (tertiary/aromatic N) is 4. The Morgan fingerprint density at radius 3 is 2.96 bits per heavy atom. The Hall–Kier alpha value is -2.72. The number of thiazole rings is 1. The van der Waals surface area contributed by atoms with Gasteiger partial charge < -0.3 is 4.74 Å². The predicted octanol–water partition coefficient (Wildman–Crippen LogP) is 3.53. The van der Waals surface area contributed by atoms with Crippen molar-refractivity contribution in [1.29, 1.82) is 5.26 Å². The summed E-state index contributed by atoms with van der Waals surface area (Å²) in [5.74, 6) is 2.47. The van der Waals surface area contributed by atoms with Crippen LogP contribution < -0.4 is 4.74 Å². The van der Waals surface area contributed by atoms with Crippen LogP contribution in [-0.4, -0.2) is 26.8 Å². The van der Waals surface area contributed by atoms with E-state index in [1.165, 1.54) is 0 Å². The molecule has 3 heterocycles. The minimum Gasteiger partial charge on any atom is -0.492 e. The number of nitriles is 1. The number of fused-ring (bicyclic) bond motifs is 3. The third-order valence-electron chi connectivity index (χ3n) is 3.87. The quantitative estimate of drug-likeness (QED) is 0.773. The van der Waals surface area contributed by atoms with Gasteiger partial charge in [0.1, 0.15) is 5.75 Å². The van der Waals surface area contributed by atoms with Gasteiger partial charge in [0.25, 0.3) is 0 Å². The summed E-state index contributed by atoms with van der Waals surface area (Å²) in [4.78, 5) is 10.5. The van der Waals surface area contributed by atoms with E-state index in [-0.39, 0.29) is 5.92 Å². The number of benzene rings is 1. The molecule has 6 nitrogen and oxygen atoms in total. The Labute approximate surface area is 143 Å². The van der Waals surface area contributed by atoms with Crippen molar-refractivity contribution in [3.8, 4) is 33.9 Å². The van der Waals surface area contributed by atoms with Crippen LogP contribution in [0, 0.1) is 11.3 Å². The maximum Gasteiger partial charge on any atom is 0.184 e. The molecular weight excluding hydrogens is 322 g/mol. The Balaban J connectivity index is 1.80. The zero-order valence-electron chi connectivity index (χ0n) is 13.3. The molecule has 24 heavy (non-hydrogen) atoms. The average Bonchev–Trinajstić information content (AvgIpc) is 3.19. The van der Waals surface area contributed by atoms with Crippen molar-refractivity contribution in [2.24, 2.45) is 0 Å². The monoisotopic (exact) mass is 337 g/mol. The van der Waals surface area contributed by atoms with E-state index in [0.29, 0.717) is 23.7 Å². The van der Waals surface area contributed by atoms with E-state index in [4.69, 9.17) is 15.0 Å². The Morgan fingerprint density at radius 1 is 1.33 bits per heavy atom. The lowest BCUT2D eigenvalue weighted by atomic mass is 10.1. The van der Waals surface area contributed by atoms with E-state index >= 15 is 0 Å². The van der Waals surface area contributed by atoms with Crippen LogP contribution in [0.3, 0.4) is 0 Å². The van der Waals surface area contributed by atoms with Crippen LogP contribution in [0.4, 0.5) is 0 Å². The van der Waals surface area contributed by atoms with Crippen molar-refractivity contribution >= 4 is 11.3 Å². The smallest absolute Gasteiger partial charge is 0.184 e. The number of hydrogen-bond acceptors (Lipinski definition) is 6. The summed E-state index contributed by atoms with van der Waals surface area (Å²) in [6.45, 7) is 4.69. The fourth-order valence-corrected chi connectivity index (χ4v) is 3.62. The molecule has 7 heteroatoms. The molecule has 0 saturated carbocycles. The first kappa shape index (κ1) is 14.8.